The highest BCUT2D eigenvalue weighted by atomic mass is 32.2. The first-order valence-corrected chi connectivity index (χ1v) is 13.0. The Labute approximate surface area is 205 Å². The predicted molar refractivity (Wildman–Crippen MR) is 135 cm³/mol. The van der Waals surface area contributed by atoms with Crippen LogP contribution in [-0.4, -0.2) is 58.3 Å². The Morgan fingerprint density at radius 2 is 1.88 bits per heavy atom. The third-order valence-electron chi connectivity index (χ3n) is 5.97. The van der Waals surface area contributed by atoms with Gasteiger partial charge in [0.05, 0.1) is 17.9 Å². The molecule has 1 heterocycles. The lowest BCUT2D eigenvalue weighted by Gasteiger charge is -2.19. The molecule has 8 nitrogen and oxygen atoms in total. The van der Waals surface area contributed by atoms with Crippen LogP contribution in [0.5, 0.6) is 0 Å². The minimum Gasteiger partial charge on any atom is -0.462 e. The number of ether oxygens (including phenoxy) is 1. The molecule has 0 saturated heterocycles. The van der Waals surface area contributed by atoms with Gasteiger partial charge in [-0.15, -0.1) is 0 Å². The summed E-state index contributed by atoms with van der Waals surface area (Å²) in [6.45, 7) is 10.0. The minimum absolute atomic E-state index is 0.157. The molecule has 1 amide bonds. The van der Waals surface area contributed by atoms with Gasteiger partial charge in [-0.05, 0) is 76.5 Å². The molecule has 1 aromatic carbocycles. The van der Waals surface area contributed by atoms with E-state index in [0.29, 0.717) is 29.4 Å². The first-order valence-electron chi connectivity index (χ1n) is 12.0. The summed E-state index contributed by atoms with van der Waals surface area (Å²) in [5.41, 5.74) is 3.00. The summed E-state index contributed by atoms with van der Waals surface area (Å²) in [6, 6.07) is 6.58. The van der Waals surface area contributed by atoms with Crippen LogP contribution >= 0.6 is 11.8 Å². The van der Waals surface area contributed by atoms with Crippen LogP contribution < -0.4 is 11.0 Å². The second kappa shape index (κ2) is 12.7. The Kier molecular flexibility index (Phi) is 9.71. The van der Waals surface area contributed by atoms with Crippen molar-refractivity contribution < 1.29 is 14.3 Å². The van der Waals surface area contributed by atoms with Gasteiger partial charge in [0.2, 0.25) is 5.91 Å². The number of hydrogen-bond donors (Lipinski definition) is 1. The smallest absolute Gasteiger partial charge is 0.348 e. The van der Waals surface area contributed by atoms with Gasteiger partial charge in [0.1, 0.15) is 5.03 Å². The number of nitrogens with zero attached hydrogens (tertiary/aromatic N) is 3. The van der Waals surface area contributed by atoms with Crippen molar-refractivity contribution in [1.82, 2.24) is 14.5 Å². The quantitative estimate of drug-likeness (QED) is 0.279. The van der Waals surface area contributed by atoms with Crippen LogP contribution in [0.3, 0.4) is 0 Å². The van der Waals surface area contributed by atoms with E-state index in [1.165, 1.54) is 11.8 Å². The first-order chi connectivity index (χ1) is 16.5. The maximum atomic E-state index is 12.8. The lowest BCUT2D eigenvalue weighted by atomic mass is 10.2. The lowest BCUT2D eigenvalue weighted by molar-refractivity contribution is -0.113. The summed E-state index contributed by atoms with van der Waals surface area (Å²) in [7, 11) is 0. The third kappa shape index (κ3) is 6.70. The zero-order chi connectivity index (χ0) is 24.5. The number of esters is 1. The lowest BCUT2D eigenvalue weighted by Crippen LogP contribution is -2.30. The van der Waals surface area contributed by atoms with Crippen LogP contribution in [0.2, 0.25) is 0 Å². The monoisotopic (exact) mass is 486 g/mol. The molecule has 0 unspecified atom stereocenters. The first kappa shape index (κ1) is 26.0. The van der Waals surface area contributed by atoms with E-state index >= 15 is 0 Å². The molecule has 0 fully saturated rings. The molecule has 0 bridgehead atoms. The van der Waals surface area contributed by atoms with E-state index in [4.69, 9.17) is 4.74 Å². The second-order valence-corrected chi connectivity index (χ2v) is 9.11. The standard InChI is InChI=1S/C25H34N4O4S/c1-4-28(5-2)15-8-16-29-21-10-7-9-20(21)23(27-25(29)32)34-17-22(30)26-19-13-11-18(12-14-19)24(31)33-6-3/h11-14H,4-10,15-17H2,1-3H3,(H,26,30). The van der Waals surface area contributed by atoms with Crippen molar-refractivity contribution in [1.29, 1.82) is 0 Å². The fraction of sp³-hybridized carbons (Fsp3) is 0.520. The maximum Gasteiger partial charge on any atom is 0.348 e. The third-order valence-corrected chi connectivity index (χ3v) is 6.99. The van der Waals surface area contributed by atoms with Crippen LogP contribution in [0.25, 0.3) is 0 Å². The molecule has 0 aliphatic heterocycles. The molecule has 0 saturated carbocycles. The Morgan fingerprint density at radius 1 is 1.15 bits per heavy atom. The summed E-state index contributed by atoms with van der Waals surface area (Å²) in [5, 5.41) is 3.50. The summed E-state index contributed by atoms with van der Waals surface area (Å²) in [4.78, 5) is 43.7. The number of anilines is 1. The minimum atomic E-state index is -0.390. The molecule has 1 aliphatic carbocycles. The largest absolute Gasteiger partial charge is 0.462 e. The van der Waals surface area contributed by atoms with Crippen LogP contribution in [0.15, 0.2) is 34.1 Å². The molecule has 1 aromatic heterocycles. The summed E-state index contributed by atoms with van der Waals surface area (Å²) in [5.74, 6) is -0.422. The van der Waals surface area contributed by atoms with Gasteiger partial charge in [0.15, 0.2) is 0 Å². The molecule has 2 aromatic rings. The Morgan fingerprint density at radius 3 is 2.56 bits per heavy atom. The van der Waals surface area contributed by atoms with E-state index in [2.05, 4.69) is 29.0 Å². The summed E-state index contributed by atoms with van der Waals surface area (Å²) in [6.07, 6.45) is 3.69. The maximum absolute atomic E-state index is 12.8. The van der Waals surface area contributed by atoms with Crippen molar-refractivity contribution in [2.75, 3.05) is 37.3 Å². The van der Waals surface area contributed by atoms with Gasteiger partial charge in [0.25, 0.3) is 0 Å². The van der Waals surface area contributed by atoms with Gasteiger partial charge < -0.3 is 15.0 Å². The van der Waals surface area contributed by atoms with Crippen molar-refractivity contribution in [3.8, 4) is 0 Å². The van der Waals surface area contributed by atoms with E-state index in [9.17, 15) is 14.4 Å². The van der Waals surface area contributed by atoms with Gasteiger partial charge in [-0.25, -0.2) is 9.59 Å². The topological polar surface area (TPSA) is 93.5 Å². The Hall–Kier alpha value is -2.65. The fourth-order valence-corrected chi connectivity index (χ4v) is 5.04. The molecule has 3 rings (SSSR count). The van der Waals surface area contributed by atoms with E-state index in [-0.39, 0.29) is 17.3 Å². The molecular weight excluding hydrogens is 452 g/mol. The second-order valence-electron chi connectivity index (χ2n) is 8.15. The molecule has 0 atom stereocenters. The fourth-order valence-electron chi connectivity index (χ4n) is 4.16. The van der Waals surface area contributed by atoms with Crippen molar-refractivity contribution in [3.05, 3.63) is 51.6 Å². The van der Waals surface area contributed by atoms with Crippen LogP contribution in [0.4, 0.5) is 5.69 Å². The molecule has 1 N–H and O–H groups in total. The number of thioether (sulfide) groups is 1. The predicted octanol–water partition coefficient (Wildman–Crippen LogP) is 3.37. The zero-order valence-corrected chi connectivity index (χ0v) is 21.1. The van der Waals surface area contributed by atoms with Gasteiger partial charge in [-0.2, -0.15) is 4.98 Å². The number of rotatable bonds is 12. The number of carbonyl (C=O) groups is 2. The molecule has 1 aliphatic rings. The van der Waals surface area contributed by atoms with Crippen LogP contribution in [0.1, 0.15) is 55.2 Å². The average Bonchev–Trinajstić information content (AvgIpc) is 3.32. The van der Waals surface area contributed by atoms with Crippen LogP contribution in [0, 0.1) is 0 Å². The number of hydrogen-bond acceptors (Lipinski definition) is 7. The SMILES string of the molecule is CCOC(=O)c1ccc(NC(=O)CSc2nc(=O)n(CCCN(CC)CC)c3c2CCC3)cc1. The summed E-state index contributed by atoms with van der Waals surface area (Å²) < 4.78 is 6.80. The molecular formula is C25H34N4O4S. The molecule has 9 heteroatoms. The van der Waals surface area contributed by atoms with E-state index < -0.39 is 5.97 Å². The van der Waals surface area contributed by atoms with Gasteiger partial charge in [0, 0.05) is 23.5 Å². The number of nitrogens with one attached hydrogen (secondary N) is 1. The number of amides is 1. The molecule has 34 heavy (non-hydrogen) atoms. The van der Waals surface area contributed by atoms with Gasteiger partial charge >= 0.3 is 11.7 Å². The normalized spacial score (nSPS) is 12.6. The highest BCUT2D eigenvalue weighted by molar-refractivity contribution is 8.00. The van der Waals surface area contributed by atoms with Crippen molar-refractivity contribution in [2.24, 2.45) is 0 Å². The average molecular weight is 487 g/mol. The zero-order valence-electron chi connectivity index (χ0n) is 20.3. The summed E-state index contributed by atoms with van der Waals surface area (Å²) >= 11 is 1.31. The highest BCUT2D eigenvalue weighted by Crippen LogP contribution is 2.29. The van der Waals surface area contributed by atoms with Crippen molar-refractivity contribution >= 4 is 29.3 Å². The molecule has 184 valence electrons. The highest BCUT2D eigenvalue weighted by Gasteiger charge is 2.22. The Balaban J connectivity index is 1.60. The molecule has 0 radical (unpaired) electrons. The van der Waals surface area contributed by atoms with E-state index in [1.54, 1.807) is 31.2 Å². The van der Waals surface area contributed by atoms with Crippen LogP contribution in [-0.2, 0) is 28.9 Å². The Bertz CT molecular complexity index is 1050. The van der Waals surface area contributed by atoms with Gasteiger partial charge in [-0.3, -0.25) is 9.36 Å². The number of carbonyl (C=O) groups excluding carboxylic acids is 2. The number of fused-ring (bicyclic) bond motifs is 1. The van der Waals surface area contributed by atoms with E-state index in [0.717, 1.165) is 56.6 Å². The number of benzene rings is 1. The van der Waals surface area contributed by atoms with Crippen molar-refractivity contribution in [3.63, 3.8) is 0 Å². The van der Waals surface area contributed by atoms with E-state index in [1.807, 2.05) is 4.57 Å². The molecule has 0 spiro atoms. The number of aromatic nitrogens is 2. The van der Waals surface area contributed by atoms with Crippen molar-refractivity contribution in [2.45, 2.75) is 58.0 Å². The van der Waals surface area contributed by atoms with Gasteiger partial charge in [-0.1, -0.05) is 25.6 Å².